The maximum Gasteiger partial charge on any atom is 0.151 e. The molecule has 140 valence electrons. The summed E-state index contributed by atoms with van der Waals surface area (Å²) in [5, 5.41) is 11.8. The molecule has 4 N–H and O–H groups in total. The van der Waals surface area contributed by atoms with Crippen molar-refractivity contribution in [2.75, 3.05) is 11.1 Å². The third-order valence-electron chi connectivity index (χ3n) is 4.51. The fourth-order valence-electron chi connectivity index (χ4n) is 2.97. The van der Waals surface area contributed by atoms with Gasteiger partial charge in [0.05, 0.1) is 23.6 Å². The van der Waals surface area contributed by atoms with Crippen LogP contribution in [0.15, 0.2) is 66.4 Å². The molecule has 0 saturated heterocycles. The van der Waals surface area contributed by atoms with Gasteiger partial charge in [0.15, 0.2) is 5.82 Å². The normalized spacial score (nSPS) is 13.6. The maximum atomic E-state index is 14.5. The average molecular weight is 394 g/mol. The molecule has 1 atom stereocenters. The van der Waals surface area contributed by atoms with Gasteiger partial charge in [-0.25, -0.2) is 14.4 Å². The summed E-state index contributed by atoms with van der Waals surface area (Å²) in [6.45, 7) is 0. The highest BCUT2D eigenvalue weighted by molar-refractivity contribution is 6.29. The topological polar surface area (TPSA) is 87.7 Å². The van der Waals surface area contributed by atoms with E-state index in [1.54, 1.807) is 6.07 Å². The van der Waals surface area contributed by atoms with Crippen LogP contribution < -0.4 is 11.1 Å². The Balaban J connectivity index is 1.66. The minimum atomic E-state index is -0.399. The van der Waals surface area contributed by atoms with E-state index < -0.39 is 5.82 Å². The second-order valence-corrected chi connectivity index (χ2v) is 6.85. The number of rotatable bonds is 6. The molecule has 1 aromatic heterocycles. The van der Waals surface area contributed by atoms with E-state index >= 15 is 0 Å². The van der Waals surface area contributed by atoms with Crippen molar-refractivity contribution in [3.8, 4) is 0 Å². The third kappa shape index (κ3) is 3.73. The minimum Gasteiger partial charge on any atom is -0.382 e. The molecule has 2 aromatic carbocycles. The number of halogens is 2. The molecule has 1 aliphatic carbocycles. The molecule has 0 fully saturated rings. The van der Waals surface area contributed by atoms with E-state index in [2.05, 4.69) is 21.4 Å². The number of anilines is 2. The molecule has 0 radical (unpaired) electrons. The van der Waals surface area contributed by atoms with Crippen molar-refractivity contribution < 1.29 is 4.39 Å². The molecular weight excluding hydrogens is 377 g/mol. The summed E-state index contributed by atoms with van der Waals surface area (Å²) in [7, 11) is 0. The second-order valence-electron chi connectivity index (χ2n) is 6.47. The van der Waals surface area contributed by atoms with Gasteiger partial charge >= 0.3 is 0 Å². The molecule has 0 bridgehead atoms. The smallest absolute Gasteiger partial charge is 0.151 e. The van der Waals surface area contributed by atoms with Gasteiger partial charge in [-0.05, 0) is 35.8 Å². The molecule has 28 heavy (non-hydrogen) atoms. The predicted molar refractivity (Wildman–Crippen MR) is 109 cm³/mol. The number of aromatic nitrogens is 2. The van der Waals surface area contributed by atoms with E-state index in [9.17, 15) is 4.39 Å². The first-order valence-electron chi connectivity index (χ1n) is 8.70. The Bertz CT molecular complexity index is 1080. The van der Waals surface area contributed by atoms with Crippen LogP contribution in [0.3, 0.4) is 0 Å². The van der Waals surface area contributed by atoms with Crippen molar-refractivity contribution in [1.29, 1.82) is 5.41 Å². The summed E-state index contributed by atoms with van der Waals surface area (Å²) in [5.41, 5.74) is 9.04. The zero-order valence-electron chi connectivity index (χ0n) is 14.8. The minimum absolute atomic E-state index is 0.0254. The van der Waals surface area contributed by atoms with Crippen molar-refractivity contribution in [2.45, 2.75) is 12.5 Å². The lowest BCUT2D eigenvalue weighted by Crippen LogP contribution is -2.13. The monoisotopic (exact) mass is 393 g/mol. The van der Waals surface area contributed by atoms with Crippen molar-refractivity contribution >= 4 is 28.8 Å². The van der Waals surface area contributed by atoms with Crippen LogP contribution in [0, 0.1) is 11.2 Å². The average Bonchev–Trinajstić information content (AvgIpc) is 3.54. The van der Waals surface area contributed by atoms with Gasteiger partial charge in [-0.2, -0.15) is 0 Å². The number of hydrogen-bond acceptors (Lipinski definition) is 5. The molecule has 0 saturated carbocycles. The third-order valence-corrected chi connectivity index (χ3v) is 4.69. The van der Waals surface area contributed by atoms with Crippen molar-refractivity contribution in [3.63, 3.8) is 0 Å². The molecule has 1 unspecified atom stereocenters. The van der Waals surface area contributed by atoms with Crippen LogP contribution in [0.5, 0.6) is 0 Å². The van der Waals surface area contributed by atoms with Crippen LogP contribution in [0.1, 0.15) is 29.3 Å². The lowest BCUT2D eigenvalue weighted by Gasteiger charge is -2.19. The summed E-state index contributed by atoms with van der Waals surface area (Å²) in [5.74, 6) is -0.303. The van der Waals surface area contributed by atoms with Crippen LogP contribution in [0.25, 0.3) is 0 Å². The molecule has 4 rings (SSSR count). The summed E-state index contributed by atoms with van der Waals surface area (Å²) < 4.78 is 14.5. The Hall–Kier alpha value is -3.25. The molecule has 0 aliphatic heterocycles. The van der Waals surface area contributed by atoms with E-state index in [1.165, 1.54) is 23.9 Å². The first kappa shape index (κ1) is 18.1. The number of nitrogen functional groups attached to an aromatic ring is 1. The molecule has 0 amide bonds. The molecule has 1 heterocycles. The van der Waals surface area contributed by atoms with Crippen LogP contribution in [0.2, 0.25) is 5.15 Å². The highest BCUT2D eigenvalue weighted by atomic mass is 35.5. The second kappa shape index (κ2) is 7.40. The molecule has 1 aliphatic rings. The lowest BCUT2D eigenvalue weighted by molar-refractivity contribution is 0.628. The first-order chi connectivity index (χ1) is 13.5. The van der Waals surface area contributed by atoms with Crippen LogP contribution in [-0.2, 0) is 0 Å². The molecule has 3 aromatic rings. The van der Waals surface area contributed by atoms with Gasteiger partial charge < -0.3 is 11.1 Å². The molecule has 0 spiro atoms. The Labute approximate surface area is 166 Å². The van der Waals surface area contributed by atoms with Crippen LogP contribution in [-0.4, -0.2) is 15.7 Å². The van der Waals surface area contributed by atoms with Gasteiger partial charge in [0.25, 0.3) is 0 Å². The Kier molecular flexibility index (Phi) is 4.79. The van der Waals surface area contributed by atoms with Gasteiger partial charge in [0.1, 0.15) is 16.7 Å². The van der Waals surface area contributed by atoms with Crippen LogP contribution >= 0.6 is 11.6 Å². The number of nitrogens with two attached hydrogens (primary N) is 1. The quantitative estimate of drug-likeness (QED) is 0.416. The fourth-order valence-corrected chi connectivity index (χ4v) is 3.11. The number of benzene rings is 2. The molecule has 7 heteroatoms. The van der Waals surface area contributed by atoms with E-state index in [0.717, 1.165) is 12.0 Å². The largest absolute Gasteiger partial charge is 0.382 e. The number of allylic oxidation sites excluding steroid dienone is 1. The zero-order valence-corrected chi connectivity index (χ0v) is 15.5. The summed E-state index contributed by atoms with van der Waals surface area (Å²) in [6, 6.07) is 14.2. The molecule has 5 nitrogen and oxygen atoms in total. The zero-order chi connectivity index (χ0) is 19.7. The fraction of sp³-hybridized carbons (Fsp3) is 0.0952. The van der Waals surface area contributed by atoms with Crippen molar-refractivity contribution in [1.82, 2.24) is 9.97 Å². The van der Waals surface area contributed by atoms with Gasteiger partial charge in [-0.15, -0.1) is 0 Å². The summed E-state index contributed by atoms with van der Waals surface area (Å²) >= 11 is 5.88. The van der Waals surface area contributed by atoms with Gasteiger partial charge in [-0.1, -0.05) is 48.0 Å². The Morgan fingerprint density at radius 3 is 2.68 bits per heavy atom. The SMILES string of the molecule is N=C(c1ccc(F)c(NC(C2=CC2)c2ccccc2)c1)c1nc(Cl)cnc1N. The Morgan fingerprint density at radius 1 is 1.21 bits per heavy atom. The van der Waals surface area contributed by atoms with Crippen molar-refractivity contribution in [2.24, 2.45) is 0 Å². The number of hydrogen-bond donors (Lipinski definition) is 3. The van der Waals surface area contributed by atoms with Gasteiger partial charge in [0.2, 0.25) is 0 Å². The van der Waals surface area contributed by atoms with Crippen molar-refractivity contribution in [3.05, 3.63) is 94.2 Å². The highest BCUT2D eigenvalue weighted by Gasteiger charge is 2.23. The Morgan fingerprint density at radius 2 is 1.96 bits per heavy atom. The highest BCUT2D eigenvalue weighted by Crippen LogP contribution is 2.37. The standard InChI is InChI=1S/C21H17ClFN5/c22-17-11-26-21(25)20(28-17)18(24)14-8-9-15(23)16(10-14)27-19(13-6-7-13)12-4-2-1-3-5-12/h1-6,8-11,19,24,27H,7H2,(H2,25,26). The van der Waals surface area contributed by atoms with Gasteiger partial charge in [-0.3, -0.25) is 5.41 Å². The lowest BCUT2D eigenvalue weighted by atomic mass is 10.0. The van der Waals surface area contributed by atoms with Gasteiger partial charge in [0, 0.05) is 5.56 Å². The molecular formula is C21H17ClFN5. The van der Waals surface area contributed by atoms with E-state index in [0.29, 0.717) is 11.3 Å². The summed E-state index contributed by atoms with van der Waals surface area (Å²) in [6.07, 6.45) is 4.33. The van der Waals surface area contributed by atoms with E-state index in [4.69, 9.17) is 22.7 Å². The number of nitrogens with one attached hydrogen (secondary N) is 2. The maximum absolute atomic E-state index is 14.5. The summed E-state index contributed by atoms with van der Waals surface area (Å²) in [4.78, 5) is 8.01. The number of nitrogens with zero attached hydrogens (tertiary/aromatic N) is 2. The van der Waals surface area contributed by atoms with Crippen LogP contribution in [0.4, 0.5) is 15.9 Å². The predicted octanol–water partition coefficient (Wildman–Crippen LogP) is 4.75. The first-order valence-corrected chi connectivity index (χ1v) is 9.08. The van der Waals surface area contributed by atoms with E-state index in [-0.39, 0.29) is 28.4 Å². The van der Waals surface area contributed by atoms with E-state index in [1.807, 2.05) is 30.3 Å².